The third-order valence-electron chi connectivity index (χ3n) is 10.3. The van der Waals surface area contributed by atoms with E-state index in [-0.39, 0.29) is 0 Å². The number of aliphatic hydroxyl groups is 17. The molecule has 0 aromatic carbocycles. The predicted molar refractivity (Wildman–Crippen MR) is 167 cm³/mol. The summed E-state index contributed by atoms with van der Waals surface area (Å²) in [4.78, 5) is 0. The van der Waals surface area contributed by atoms with Gasteiger partial charge in [-0.25, -0.2) is 0 Å². The van der Waals surface area contributed by atoms with Gasteiger partial charge in [0.2, 0.25) is 0 Å². The minimum absolute atomic E-state index is 0.818. The first-order valence-corrected chi connectivity index (χ1v) is 17.6. The Hall–Kier alpha value is -1.04. The second kappa shape index (κ2) is 19.6. The van der Waals surface area contributed by atoms with Gasteiger partial charge in [0, 0.05) is 0 Å². The Labute approximate surface area is 316 Å². The van der Waals surface area contributed by atoms with Gasteiger partial charge in [0.05, 0.1) is 33.0 Å². The summed E-state index contributed by atoms with van der Waals surface area (Å²) in [5.41, 5.74) is 0. The van der Waals surface area contributed by atoms with Crippen LogP contribution in [0.2, 0.25) is 0 Å². The lowest BCUT2D eigenvalue weighted by atomic mass is 9.95. The molecule has 0 amide bonds. The second-order valence-electron chi connectivity index (χ2n) is 14.0. The fourth-order valence-corrected chi connectivity index (χ4v) is 6.91. The van der Waals surface area contributed by atoms with Crippen LogP contribution in [0, 0.1) is 0 Å². The number of ether oxygens (including phenoxy) is 9. The number of aliphatic hydroxyl groups excluding tert-OH is 17. The van der Waals surface area contributed by atoms with Crippen molar-refractivity contribution in [3.05, 3.63) is 0 Å². The standard InChI is InChI=1S/C30H52O26/c31-1-6-11(35)15(39)18(42)27(50-6)48-5-10-14(38)25(56-28-19(43)16(40)12(36)7(2-32)51-28)22(46)30(53-10)54-23-9(4-34)52-29(20(44)17(23)41)55-24-13(37)8(3-33)49-26(47)21(24)45/h6-47H,1-5H2/t6-,7-,8-,9-,10-,11-,12-,13-,14-,15+,16+,17-,18-,19+,20+,21+,22+,23-,24+,25+,26?,27-,28+,29+,30+/m1/s1. The van der Waals surface area contributed by atoms with Gasteiger partial charge in [-0.2, -0.15) is 0 Å². The predicted octanol–water partition coefficient (Wildman–Crippen LogP) is -11.9. The molecule has 5 rings (SSSR count). The molecule has 0 aromatic heterocycles. The van der Waals surface area contributed by atoms with E-state index in [0.717, 1.165) is 0 Å². The summed E-state index contributed by atoms with van der Waals surface area (Å²) in [6.45, 7) is -4.36. The Kier molecular flexibility index (Phi) is 16.1. The molecule has 5 saturated heterocycles. The summed E-state index contributed by atoms with van der Waals surface area (Å²) < 4.78 is 49.1. The van der Waals surface area contributed by atoms with E-state index in [9.17, 15) is 86.8 Å². The summed E-state index contributed by atoms with van der Waals surface area (Å²) in [7, 11) is 0. The average molecular weight is 829 g/mol. The quantitative estimate of drug-likeness (QED) is 0.0819. The van der Waals surface area contributed by atoms with Crippen LogP contribution >= 0.6 is 0 Å². The highest BCUT2D eigenvalue weighted by molar-refractivity contribution is 4.98. The highest BCUT2D eigenvalue weighted by Gasteiger charge is 2.56. The Morgan fingerprint density at radius 2 is 0.679 bits per heavy atom. The Bertz CT molecular complexity index is 1200. The van der Waals surface area contributed by atoms with E-state index in [1.54, 1.807) is 0 Å². The number of rotatable bonds is 13. The maximum atomic E-state index is 11.4. The minimum Gasteiger partial charge on any atom is -0.394 e. The van der Waals surface area contributed by atoms with Gasteiger partial charge in [-0.15, -0.1) is 0 Å². The summed E-state index contributed by atoms with van der Waals surface area (Å²) in [5, 5.41) is 176. The van der Waals surface area contributed by atoms with Gasteiger partial charge < -0.3 is 129 Å². The molecule has 26 heteroatoms. The van der Waals surface area contributed by atoms with Gasteiger partial charge in [-0.1, -0.05) is 0 Å². The molecular weight excluding hydrogens is 776 g/mol. The van der Waals surface area contributed by atoms with Crippen molar-refractivity contribution in [3.8, 4) is 0 Å². The van der Waals surface area contributed by atoms with Gasteiger partial charge in [0.1, 0.15) is 122 Å². The lowest BCUT2D eigenvalue weighted by Crippen LogP contribution is -2.68. The smallest absolute Gasteiger partial charge is 0.187 e. The SMILES string of the molecule is OC[C@H]1O[C@@H](O[C@@H]2[C@H](O)[C@H](O[C@H]3[C@H](O)[C@H](O)[C@H](O[C@H]4[C@H](O)[C@@H](CO)OC(O)[C@H]4O)O[C@@H]3CO)O[C@H](CO[C@@H]3O[C@H](CO)[C@@H](O)[C@H](O)[C@H]3O)[C@H]2O)[C@@H](O)[C@@H](O)[C@@H]1O. The van der Waals surface area contributed by atoms with Crippen molar-refractivity contribution >= 4 is 0 Å². The van der Waals surface area contributed by atoms with Gasteiger partial charge in [0.15, 0.2) is 31.5 Å². The van der Waals surface area contributed by atoms with Crippen molar-refractivity contribution in [2.75, 3.05) is 33.0 Å². The molecule has 56 heavy (non-hydrogen) atoms. The van der Waals surface area contributed by atoms with E-state index < -0.39 is 187 Å². The molecule has 328 valence electrons. The van der Waals surface area contributed by atoms with Crippen LogP contribution in [-0.2, 0) is 42.6 Å². The van der Waals surface area contributed by atoms with Gasteiger partial charge >= 0.3 is 0 Å². The van der Waals surface area contributed by atoms with E-state index in [1.165, 1.54) is 0 Å². The molecule has 0 spiro atoms. The zero-order valence-electron chi connectivity index (χ0n) is 29.2. The van der Waals surface area contributed by atoms with Gasteiger partial charge in [-0.3, -0.25) is 0 Å². The van der Waals surface area contributed by atoms with E-state index in [2.05, 4.69) is 0 Å². The first-order valence-electron chi connectivity index (χ1n) is 17.6. The van der Waals surface area contributed by atoms with E-state index in [0.29, 0.717) is 0 Å². The van der Waals surface area contributed by atoms with Crippen LogP contribution in [0.1, 0.15) is 0 Å². The molecule has 5 aliphatic heterocycles. The maximum absolute atomic E-state index is 11.4. The normalized spacial score (nSPS) is 53.2. The van der Waals surface area contributed by atoms with Crippen molar-refractivity contribution in [3.63, 3.8) is 0 Å². The van der Waals surface area contributed by atoms with Crippen LogP contribution in [0.3, 0.4) is 0 Å². The average Bonchev–Trinajstić information content (AvgIpc) is 3.18. The third kappa shape index (κ3) is 9.31. The van der Waals surface area contributed by atoms with Crippen molar-refractivity contribution in [2.45, 2.75) is 154 Å². The summed E-state index contributed by atoms with van der Waals surface area (Å²) >= 11 is 0. The van der Waals surface area contributed by atoms with E-state index >= 15 is 0 Å². The fraction of sp³-hybridized carbons (Fsp3) is 1.00. The van der Waals surface area contributed by atoms with Crippen LogP contribution < -0.4 is 0 Å². The highest BCUT2D eigenvalue weighted by atomic mass is 16.8. The second-order valence-corrected chi connectivity index (χ2v) is 14.0. The molecule has 5 fully saturated rings. The largest absolute Gasteiger partial charge is 0.394 e. The zero-order chi connectivity index (χ0) is 41.3. The lowest BCUT2D eigenvalue weighted by Gasteiger charge is -2.49. The summed E-state index contributed by atoms with van der Waals surface area (Å²) in [6, 6.07) is 0. The zero-order valence-corrected chi connectivity index (χ0v) is 29.2. The molecule has 1 unspecified atom stereocenters. The number of hydrogen-bond acceptors (Lipinski definition) is 26. The van der Waals surface area contributed by atoms with E-state index in [1.807, 2.05) is 0 Å². The van der Waals surface area contributed by atoms with E-state index in [4.69, 9.17) is 42.6 Å². The van der Waals surface area contributed by atoms with Gasteiger partial charge in [-0.05, 0) is 0 Å². The summed E-state index contributed by atoms with van der Waals surface area (Å²) in [6.07, 6.45) is -46.6. The minimum atomic E-state index is -2.16. The van der Waals surface area contributed by atoms with Crippen LogP contribution in [0.15, 0.2) is 0 Å². The number of hydrogen-bond donors (Lipinski definition) is 17. The van der Waals surface area contributed by atoms with Crippen LogP contribution in [0.5, 0.6) is 0 Å². The molecule has 0 aromatic rings. The topological polar surface area (TPSA) is 427 Å². The van der Waals surface area contributed by atoms with Crippen molar-refractivity contribution in [1.29, 1.82) is 0 Å². The first kappa shape index (κ1) is 46.0. The Balaban J connectivity index is 1.36. The van der Waals surface area contributed by atoms with Crippen molar-refractivity contribution in [2.24, 2.45) is 0 Å². The monoisotopic (exact) mass is 828 g/mol. The molecule has 17 N–H and O–H groups in total. The summed E-state index contributed by atoms with van der Waals surface area (Å²) in [5.74, 6) is 0. The van der Waals surface area contributed by atoms with Crippen LogP contribution in [-0.4, -0.2) is 273 Å². The lowest BCUT2D eigenvalue weighted by molar-refractivity contribution is -0.391. The molecule has 25 atom stereocenters. The molecule has 26 nitrogen and oxygen atoms in total. The first-order chi connectivity index (χ1) is 26.5. The Morgan fingerprint density at radius 1 is 0.304 bits per heavy atom. The highest BCUT2D eigenvalue weighted by Crippen LogP contribution is 2.35. The molecular formula is C30H52O26. The molecule has 0 bridgehead atoms. The van der Waals surface area contributed by atoms with Crippen molar-refractivity contribution in [1.82, 2.24) is 0 Å². The molecule has 5 aliphatic rings. The molecule has 5 heterocycles. The molecule has 0 aliphatic carbocycles. The third-order valence-corrected chi connectivity index (χ3v) is 10.3. The van der Waals surface area contributed by atoms with Gasteiger partial charge in [0.25, 0.3) is 0 Å². The maximum Gasteiger partial charge on any atom is 0.187 e. The van der Waals surface area contributed by atoms with Crippen LogP contribution in [0.25, 0.3) is 0 Å². The van der Waals surface area contributed by atoms with Crippen molar-refractivity contribution < 1.29 is 129 Å². The fourth-order valence-electron chi connectivity index (χ4n) is 6.91. The van der Waals surface area contributed by atoms with Crippen LogP contribution in [0.4, 0.5) is 0 Å². The molecule has 0 radical (unpaired) electrons. The Morgan fingerprint density at radius 3 is 1.21 bits per heavy atom. The molecule has 0 saturated carbocycles.